The van der Waals surface area contributed by atoms with Crippen molar-refractivity contribution in [3.63, 3.8) is 0 Å². The van der Waals surface area contributed by atoms with E-state index in [1.165, 1.54) is 24.6 Å². The molecule has 1 saturated carbocycles. The Bertz CT molecular complexity index is 1220. The molecule has 5 nitrogen and oxygen atoms in total. The number of ether oxygens (including phenoxy) is 1. The topological polar surface area (TPSA) is 63.7 Å². The van der Waals surface area contributed by atoms with E-state index in [1.54, 1.807) is 25.3 Å². The molecule has 0 aromatic heterocycles. The summed E-state index contributed by atoms with van der Waals surface area (Å²) in [6.07, 6.45) is 7.88. The first-order valence-corrected chi connectivity index (χ1v) is 16.2. The molecule has 8 heteroatoms. The smallest absolute Gasteiger partial charge is 0.273 e. The number of halogens is 2. The molecule has 0 saturated heterocycles. The Hall–Kier alpha value is -2.61. The van der Waals surface area contributed by atoms with Crippen LogP contribution < -0.4 is 4.74 Å². The molecule has 0 radical (unpaired) electrons. The summed E-state index contributed by atoms with van der Waals surface area (Å²) in [7, 11) is -1.05. The van der Waals surface area contributed by atoms with Crippen LogP contribution in [0.2, 0.25) is 0 Å². The highest BCUT2D eigenvalue weighted by Gasteiger charge is 2.37. The Balaban J connectivity index is 1.64. The molecule has 1 aliphatic carbocycles. The van der Waals surface area contributed by atoms with Crippen molar-refractivity contribution >= 4 is 22.5 Å². The minimum Gasteiger partial charge on any atom is -0.457 e. The molecular weight excluding hydrogens is 532 g/mol. The van der Waals surface area contributed by atoms with E-state index < -0.39 is 16.7 Å². The largest absolute Gasteiger partial charge is 0.457 e. The van der Waals surface area contributed by atoms with Gasteiger partial charge in [0.25, 0.3) is 5.92 Å². The van der Waals surface area contributed by atoms with Crippen LogP contribution in [0.3, 0.4) is 0 Å². The SMILES string of the molecule is CCC(F)(F)c1ccc(Oc2ccc3c(c2)[C@H]([C@@H]2CCCCC(C(C)=O)CC2)N(C(=O)CCS(C)=O)CC3)cc1. The van der Waals surface area contributed by atoms with E-state index >= 15 is 0 Å². The molecule has 4 atom stereocenters. The summed E-state index contributed by atoms with van der Waals surface area (Å²) in [5.74, 6) is -0.972. The third kappa shape index (κ3) is 7.36. The highest BCUT2D eigenvalue weighted by Crippen LogP contribution is 2.44. The zero-order chi connectivity index (χ0) is 28.9. The molecule has 2 aromatic carbocycles. The number of hydrogen-bond acceptors (Lipinski definition) is 4. The van der Waals surface area contributed by atoms with Crippen LogP contribution in [0.25, 0.3) is 0 Å². The number of nitrogens with zero attached hydrogens (tertiary/aromatic N) is 1. The lowest BCUT2D eigenvalue weighted by Gasteiger charge is -2.43. The average Bonchev–Trinajstić information content (AvgIpc) is 2.91. The predicted molar refractivity (Wildman–Crippen MR) is 154 cm³/mol. The summed E-state index contributed by atoms with van der Waals surface area (Å²) in [4.78, 5) is 27.6. The predicted octanol–water partition coefficient (Wildman–Crippen LogP) is 7.35. The van der Waals surface area contributed by atoms with Crippen LogP contribution in [-0.2, 0) is 32.7 Å². The zero-order valence-electron chi connectivity index (χ0n) is 23.8. The van der Waals surface area contributed by atoms with Crippen LogP contribution in [0.4, 0.5) is 8.78 Å². The third-order valence-corrected chi connectivity index (χ3v) is 9.34. The quantitative estimate of drug-likeness (QED) is 0.315. The van der Waals surface area contributed by atoms with Gasteiger partial charge in [-0.25, -0.2) is 8.78 Å². The molecule has 40 heavy (non-hydrogen) atoms. The summed E-state index contributed by atoms with van der Waals surface area (Å²) in [5.41, 5.74) is 2.18. The first-order chi connectivity index (χ1) is 19.1. The van der Waals surface area contributed by atoms with Crippen LogP contribution in [0.1, 0.15) is 87.9 Å². The fourth-order valence-corrected chi connectivity index (χ4v) is 6.64. The van der Waals surface area contributed by atoms with Gasteiger partial charge in [-0.05, 0) is 92.5 Å². The second-order valence-corrected chi connectivity index (χ2v) is 12.8. The Morgan fingerprint density at radius 1 is 1.02 bits per heavy atom. The lowest BCUT2D eigenvalue weighted by molar-refractivity contribution is -0.135. The van der Waals surface area contributed by atoms with Crippen LogP contribution in [-0.4, -0.2) is 39.4 Å². The minimum atomic E-state index is -2.88. The number of fused-ring (bicyclic) bond motifs is 1. The fraction of sp³-hybridized carbons (Fsp3) is 0.562. The molecule has 2 aromatic rings. The molecule has 1 amide bonds. The zero-order valence-corrected chi connectivity index (χ0v) is 24.6. The molecule has 1 heterocycles. The van der Waals surface area contributed by atoms with Gasteiger partial charge in [-0.1, -0.05) is 25.8 Å². The van der Waals surface area contributed by atoms with Crippen LogP contribution >= 0.6 is 0 Å². The maximum Gasteiger partial charge on any atom is 0.273 e. The number of hydrogen-bond donors (Lipinski definition) is 0. The molecular formula is C32H41F2NO4S. The molecule has 218 valence electrons. The third-order valence-electron chi connectivity index (χ3n) is 8.56. The van der Waals surface area contributed by atoms with E-state index in [9.17, 15) is 22.6 Å². The van der Waals surface area contributed by atoms with Gasteiger partial charge in [-0.15, -0.1) is 0 Å². The van der Waals surface area contributed by atoms with Gasteiger partial charge in [0, 0.05) is 53.7 Å². The van der Waals surface area contributed by atoms with E-state index in [-0.39, 0.29) is 48.0 Å². The van der Waals surface area contributed by atoms with Crippen molar-refractivity contribution in [3.05, 3.63) is 59.2 Å². The number of carbonyl (C=O) groups excluding carboxylic acids is 2. The number of rotatable bonds is 9. The summed E-state index contributed by atoms with van der Waals surface area (Å²) in [6, 6.07) is 11.7. The van der Waals surface area contributed by atoms with Crippen molar-refractivity contribution in [2.45, 2.75) is 83.6 Å². The van der Waals surface area contributed by atoms with Crippen molar-refractivity contribution in [2.24, 2.45) is 11.8 Å². The molecule has 2 unspecified atom stereocenters. The van der Waals surface area contributed by atoms with Crippen molar-refractivity contribution in [1.29, 1.82) is 0 Å². The minimum absolute atomic E-state index is 0.00906. The van der Waals surface area contributed by atoms with Crippen molar-refractivity contribution < 1.29 is 27.3 Å². The Morgan fingerprint density at radius 3 is 2.40 bits per heavy atom. The fourth-order valence-electron chi connectivity index (χ4n) is 6.18. The highest BCUT2D eigenvalue weighted by molar-refractivity contribution is 7.84. The van der Waals surface area contributed by atoms with E-state index in [4.69, 9.17) is 4.74 Å². The summed E-state index contributed by atoms with van der Waals surface area (Å²) in [5, 5.41) is 0. The Morgan fingerprint density at radius 2 is 1.73 bits per heavy atom. The molecule has 0 bridgehead atoms. The lowest BCUT2D eigenvalue weighted by atomic mass is 9.76. The first-order valence-electron chi connectivity index (χ1n) is 14.5. The van der Waals surface area contributed by atoms with E-state index in [0.717, 1.165) is 50.5 Å². The van der Waals surface area contributed by atoms with Crippen LogP contribution in [0, 0.1) is 11.8 Å². The molecule has 0 spiro atoms. The molecule has 4 rings (SSSR count). The number of ketones is 1. The summed E-state index contributed by atoms with van der Waals surface area (Å²) in [6.45, 7) is 3.74. The number of carbonyl (C=O) groups is 2. The molecule has 2 aliphatic rings. The van der Waals surface area contributed by atoms with Crippen molar-refractivity contribution in [3.8, 4) is 11.5 Å². The Labute approximate surface area is 239 Å². The lowest BCUT2D eigenvalue weighted by Crippen LogP contribution is -2.44. The summed E-state index contributed by atoms with van der Waals surface area (Å²) < 4.78 is 46.0. The number of Topliss-reactive ketones (excluding diaryl/α,β-unsaturated/α-hetero) is 1. The van der Waals surface area contributed by atoms with Gasteiger partial charge in [-0.3, -0.25) is 13.8 Å². The van der Waals surface area contributed by atoms with Crippen LogP contribution in [0.15, 0.2) is 42.5 Å². The maximum absolute atomic E-state index is 14.1. The second-order valence-electron chi connectivity index (χ2n) is 11.3. The van der Waals surface area contributed by atoms with Crippen molar-refractivity contribution in [1.82, 2.24) is 4.90 Å². The van der Waals surface area contributed by atoms with Gasteiger partial charge < -0.3 is 9.64 Å². The monoisotopic (exact) mass is 573 g/mol. The molecule has 1 aliphatic heterocycles. The van der Waals surface area contributed by atoms with Gasteiger partial charge in [0.05, 0.1) is 6.04 Å². The van der Waals surface area contributed by atoms with E-state index in [0.29, 0.717) is 23.8 Å². The Kier molecular flexibility index (Phi) is 10.1. The maximum atomic E-state index is 14.1. The second kappa shape index (κ2) is 13.4. The van der Waals surface area contributed by atoms with Gasteiger partial charge in [0.1, 0.15) is 17.3 Å². The van der Waals surface area contributed by atoms with Gasteiger partial charge in [-0.2, -0.15) is 0 Å². The van der Waals surface area contributed by atoms with Gasteiger partial charge >= 0.3 is 0 Å². The molecule has 0 N–H and O–H groups in total. The average molecular weight is 574 g/mol. The van der Waals surface area contributed by atoms with Crippen LogP contribution in [0.5, 0.6) is 11.5 Å². The van der Waals surface area contributed by atoms with Gasteiger partial charge in [0.15, 0.2) is 0 Å². The normalized spacial score (nSPS) is 22.5. The van der Waals surface area contributed by atoms with E-state index in [1.807, 2.05) is 23.1 Å². The van der Waals surface area contributed by atoms with Gasteiger partial charge in [0.2, 0.25) is 5.91 Å². The number of benzene rings is 2. The van der Waals surface area contributed by atoms with Crippen molar-refractivity contribution in [2.75, 3.05) is 18.6 Å². The standard InChI is InChI=1S/C32H41F2NO4S/c1-4-32(33,34)26-12-15-27(16-13-26)39-28-14-11-24-17-19-35(30(37)18-20-40(3)38)31(29(24)21-28)25-8-6-5-7-23(9-10-25)22(2)36/h11-16,21,23,25,31H,4-10,17-20H2,1-3H3/t23?,25-,31+,40?/m1/s1. The molecule has 1 fully saturated rings. The number of alkyl halides is 2. The van der Waals surface area contributed by atoms with E-state index in [2.05, 4.69) is 0 Å². The highest BCUT2D eigenvalue weighted by atomic mass is 32.2. The number of amides is 1. The summed E-state index contributed by atoms with van der Waals surface area (Å²) >= 11 is 0. The first kappa shape index (κ1) is 30.4.